The molecule has 1 aromatic heterocycles. The largest absolute Gasteiger partial charge is 0.464 e. The minimum atomic E-state index is -4.41. The highest BCUT2D eigenvalue weighted by molar-refractivity contribution is 6.08. The maximum absolute atomic E-state index is 13.0. The lowest BCUT2D eigenvalue weighted by atomic mass is 10.0. The lowest BCUT2D eigenvalue weighted by Crippen LogP contribution is -2.46. The number of hydrogen-bond acceptors (Lipinski definition) is 2. The fourth-order valence-corrected chi connectivity index (χ4v) is 3.75. The van der Waals surface area contributed by atoms with Crippen molar-refractivity contribution >= 4 is 27.6 Å². The molecule has 0 saturated heterocycles. The van der Waals surface area contributed by atoms with Gasteiger partial charge in [0.1, 0.15) is 12.1 Å². The van der Waals surface area contributed by atoms with Crippen LogP contribution in [0.3, 0.4) is 0 Å². The van der Waals surface area contributed by atoms with E-state index in [1.54, 1.807) is 6.92 Å². The van der Waals surface area contributed by atoms with Crippen LogP contribution in [-0.4, -0.2) is 29.6 Å². The van der Waals surface area contributed by atoms with E-state index in [-0.39, 0.29) is 12.3 Å². The van der Waals surface area contributed by atoms with E-state index in [0.717, 1.165) is 33.9 Å². The summed E-state index contributed by atoms with van der Waals surface area (Å²) in [7, 11) is 0. The van der Waals surface area contributed by atoms with Crippen molar-refractivity contribution < 1.29 is 22.4 Å². The summed E-state index contributed by atoms with van der Waals surface area (Å²) in [5.41, 5.74) is 1.26. The molecule has 1 aliphatic carbocycles. The summed E-state index contributed by atoms with van der Waals surface area (Å²) < 4.78 is 44.7. The number of halogens is 3. The van der Waals surface area contributed by atoms with Crippen LogP contribution >= 0.6 is 0 Å². The summed E-state index contributed by atoms with van der Waals surface area (Å²) in [4.78, 5) is 13.8. The minimum absolute atomic E-state index is 0.103. The molecule has 6 heteroatoms. The fourth-order valence-electron chi connectivity index (χ4n) is 3.75. The highest BCUT2D eigenvalue weighted by Crippen LogP contribution is 2.37. The minimum Gasteiger partial charge on any atom is -0.464 e. The zero-order valence-corrected chi connectivity index (χ0v) is 14.9. The van der Waals surface area contributed by atoms with Gasteiger partial charge in [-0.15, -0.1) is 0 Å². The van der Waals surface area contributed by atoms with E-state index in [1.165, 1.54) is 6.26 Å². The Kier molecular flexibility index (Phi) is 4.36. The number of carbonyl (C=O) groups is 1. The summed E-state index contributed by atoms with van der Waals surface area (Å²) in [6.07, 6.45) is -1.27. The van der Waals surface area contributed by atoms with Crippen LogP contribution in [0.15, 0.2) is 47.1 Å². The Hall–Kier alpha value is -2.50. The van der Waals surface area contributed by atoms with E-state index in [4.69, 9.17) is 4.42 Å². The number of benzene rings is 2. The molecule has 1 atom stereocenters. The van der Waals surface area contributed by atoms with Crippen molar-refractivity contribution in [3.8, 4) is 0 Å². The third-order valence-corrected chi connectivity index (χ3v) is 5.35. The van der Waals surface area contributed by atoms with E-state index < -0.39 is 24.7 Å². The van der Waals surface area contributed by atoms with Crippen LogP contribution < -0.4 is 0 Å². The van der Waals surface area contributed by atoms with E-state index >= 15 is 0 Å². The van der Waals surface area contributed by atoms with Gasteiger partial charge in [0.2, 0.25) is 5.91 Å². The van der Waals surface area contributed by atoms with Gasteiger partial charge in [-0.2, -0.15) is 13.2 Å². The van der Waals surface area contributed by atoms with Crippen molar-refractivity contribution in [3.05, 3.63) is 48.2 Å². The molecule has 3 nitrogen and oxygen atoms in total. The van der Waals surface area contributed by atoms with Crippen LogP contribution in [-0.2, 0) is 11.2 Å². The Morgan fingerprint density at radius 3 is 2.67 bits per heavy atom. The zero-order chi connectivity index (χ0) is 19.2. The molecule has 0 spiro atoms. The van der Waals surface area contributed by atoms with E-state index in [9.17, 15) is 18.0 Å². The highest BCUT2D eigenvalue weighted by Gasteiger charge is 2.40. The molecular weight excluding hydrogens is 355 g/mol. The maximum atomic E-state index is 13.0. The number of alkyl halides is 3. The number of nitrogens with zero attached hydrogens (tertiary/aromatic N) is 1. The van der Waals surface area contributed by atoms with Crippen LogP contribution in [0.4, 0.5) is 13.2 Å². The Balaban J connectivity index is 1.67. The lowest BCUT2D eigenvalue weighted by molar-refractivity contribution is -0.165. The van der Waals surface area contributed by atoms with Crippen molar-refractivity contribution in [2.75, 3.05) is 6.54 Å². The molecule has 1 unspecified atom stereocenters. The second kappa shape index (κ2) is 6.59. The van der Waals surface area contributed by atoms with Gasteiger partial charge < -0.3 is 9.32 Å². The molecule has 1 aliphatic rings. The summed E-state index contributed by atoms with van der Waals surface area (Å²) >= 11 is 0. The molecule has 1 amide bonds. The van der Waals surface area contributed by atoms with Crippen LogP contribution in [0.2, 0.25) is 0 Å². The quantitative estimate of drug-likeness (QED) is 0.605. The number of rotatable bonds is 5. The first-order chi connectivity index (χ1) is 12.8. The maximum Gasteiger partial charge on any atom is 0.406 e. The zero-order valence-electron chi connectivity index (χ0n) is 14.9. The van der Waals surface area contributed by atoms with Gasteiger partial charge in [-0.1, -0.05) is 30.3 Å². The van der Waals surface area contributed by atoms with Crippen LogP contribution in [0, 0.1) is 5.92 Å². The van der Waals surface area contributed by atoms with Crippen molar-refractivity contribution in [2.24, 2.45) is 5.92 Å². The monoisotopic (exact) mass is 375 g/mol. The van der Waals surface area contributed by atoms with Crippen molar-refractivity contribution in [1.82, 2.24) is 4.90 Å². The van der Waals surface area contributed by atoms with Gasteiger partial charge >= 0.3 is 6.18 Å². The first-order valence-corrected chi connectivity index (χ1v) is 9.07. The van der Waals surface area contributed by atoms with Gasteiger partial charge in [-0.05, 0) is 42.5 Å². The average molecular weight is 375 g/mol. The second-order valence-corrected chi connectivity index (χ2v) is 7.31. The lowest BCUT2D eigenvalue weighted by Gasteiger charge is -2.30. The van der Waals surface area contributed by atoms with E-state index in [1.807, 2.05) is 36.4 Å². The van der Waals surface area contributed by atoms with Gasteiger partial charge in [-0.3, -0.25) is 4.79 Å². The molecule has 27 heavy (non-hydrogen) atoms. The predicted octanol–water partition coefficient (Wildman–Crippen LogP) is 5.32. The highest BCUT2D eigenvalue weighted by atomic mass is 19.4. The summed E-state index contributed by atoms with van der Waals surface area (Å²) in [5, 5.41) is 2.73. The fraction of sp³-hybridized carbons (Fsp3) is 0.381. The molecule has 1 fully saturated rings. The van der Waals surface area contributed by atoms with Gasteiger partial charge in [0.15, 0.2) is 0 Å². The molecule has 2 aromatic carbocycles. The molecule has 1 saturated carbocycles. The number of fused-ring (bicyclic) bond motifs is 3. The number of furan rings is 1. The third-order valence-electron chi connectivity index (χ3n) is 5.35. The third kappa shape index (κ3) is 3.66. The smallest absolute Gasteiger partial charge is 0.406 e. The Morgan fingerprint density at radius 1 is 1.22 bits per heavy atom. The Bertz CT molecular complexity index is 988. The Morgan fingerprint density at radius 2 is 1.96 bits per heavy atom. The number of hydrogen-bond donors (Lipinski definition) is 0. The van der Waals surface area contributed by atoms with Crippen LogP contribution in [0.25, 0.3) is 21.7 Å². The molecular formula is C21H20F3NO2. The van der Waals surface area contributed by atoms with Gasteiger partial charge in [0, 0.05) is 17.0 Å². The van der Waals surface area contributed by atoms with Crippen LogP contribution in [0.1, 0.15) is 25.3 Å². The first-order valence-electron chi connectivity index (χ1n) is 9.07. The van der Waals surface area contributed by atoms with Gasteiger partial charge in [-0.25, -0.2) is 0 Å². The summed E-state index contributed by atoms with van der Waals surface area (Å²) in [6, 6.07) is 11.0. The van der Waals surface area contributed by atoms with Crippen molar-refractivity contribution in [1.29, 1.82) is 0 Å². The normalized spacial score (nSPS) is 16.0. The van der Waals surface area contributed by atoms with Crippen LogP contribution in [0.5, 0.6) is 0 Å². The van der Waals surface area contributed by atoms with Crippen molar-refractivity contribution in [2.45, 2.75) is 38.4 Å². The second-order valence-electron chi connectivity index (χ2n) is 7.31. The number of carbonyl (C=O) groups excluding carboxylic acids is 1. The average Bonchev–Trinajstić information content (AvgIpc) is 3.40. The molecule has 4 rings (SSSR count). The molecule has 0 radical (unpaired) electrons. The topological polar surface area (TPSA) is 33.5 Å². The Labute approximate surface area is 154 Å². The number of amides is 1. The standard InChI is InChI=1S/C21H20F3NO2/c1-13(14-6-7-14)25(12-21(22,23)24)19(26)10-16-11-27-18-9-8-15-4-2-3-5-17(15)20(16)18/h2-5,8-9,11,13-14H,6-7,10,12H2,1H3. The molecule has 1 heterocycles. The summed E-state index contributed by atoms with van der Waals surface area (Å²) in [6.45, 7) is 0.504. The molecule has 0 aliphatic heterocycles. The molecule has 3 aromatic rings. The SMILES string of the molecule is CC(C1CC1)N(CC(F)(F)F)C(=O)Cc1coc2ccc3ccccc3c12. The van der Waals surface area contributed by atoms with Crippen molar-refractivity contribution in [3.63, 3.8) is 0 Å². The first kappa shape index (κ1) is 17.9. The van der Waals surface area contributed by atoms with E-state index in [0.29, 0.717) is 11.1 Å². The van der Waals surface area contributed by atoms with E-state index in [2.05, 4.69) is 0 Å². The molecule has 0 N–H and O–H groups in total. The predicted molar refractivity (Wildman–Crippen MR) is 97.4 cm³/mol. The van der Waals surface area contributed by atoms with Gasteiger partial charge in [0.25, 0.3) is 0 Å². The summed E-state index contributed by atoms with van der Waals surface area (Å²) in [5.74, 6) is -0.347. The van der Waals surface area contributed by atoms with Gasteiger partial charge in [0.05, 0.1) is 12.7 Å². The molecule has 142 valence electrons. The molecule has 0 bridgehead atoms.